The molecular formula is C14H26N2O2. The number of hydrogen-bond donors (Lipinski definition) is 2. The Hall–Kier alpha value is -0.610. The average molecular weight is 254 g/mol. The Morgan fingerprint density at radius 3 is 2.83 bits per heavy atom. The predicted octanol–water partition coefficient (Wildman–Crippen LogP) is 1.28. The maximum Gasteiger partial charge on any atom is 0.222 e. The van der Waals surface area contributed by atoms with Gasteiger partial charge in [0.25, 0.3) is 0 Å². The van der Waals surface area contributed by atoms with E-state index in [2.05, 4.69) is 12.2 Å². The zero-order chi connectivity index (χ0) is 13.0. The summed E-state index contributed by atoms with van der Waals surface area (Å²) in [5.41, 5.74) is -0.590. The van der Waals surface area contributed by atoms with Gasteiger partial charge in [0.15, 0.2) is 0 Å². The van der Waals surface area contributed by atoms with Gasteiger partial charge in [-0.1, -0.05) is 19.8 Å². The molecule has 2 rings (SSSR count). The number of nitrogens with one attached hydrogen (secondary N) is 1. The van der Waals surface area contributed by atoms with Crippen LogP contribution in [0.1, 0.15) is 51.9 Å². The fraction of sp³-hybridized carbons (Fsp3) is 0.929. The lowest BCUT2D eigenvalue weighted by molar-refractivity contribution is -0.156. The Balaban J connectivity index is 1.64. The Kier molecular flexibility index (Phi) is 4.62. The number of hydrogen-bond acceptors (Lipinski definition) is 3. The van der Waals surface area contributed by atoms with E-state index < -0.39 is 5.60 Å². The van der Waals surface area contributed by atoms with Crippen LogP contribution < -0.4 is 5.32 Å². The SMILES string of the molecule is CCCC1(O)CN(C(=O)CCC2CCCCN2)C1. The van der Waals surface area contributed by atoms with Crippen LogP contribution in [0.15, 0.2) is 0 Å². The molecule has 0 aromatic heterocycles. The molecule has 2 heterocycles. The molecule has 104 valence electrons. The van der Waals surface area contributed by atoms with Gasteiger partial charge >= 0.3 is 0 Å². The minimum Gasteiger partial charge on any atom is -0.386 e. The maximum atomic E-state index is 11.9. The zero-order valence-corrected chi connectivity index (χ0v) is 11.5. The molecule has 2 aliphatic heterocycles. The van der Waals surface area contributed by atoms with E-state index in [1.807, 2.05) is 0 Å². The summed E-state index contributed by atoms with van der Waals surface area (Å²) in [6.45, 7) is 4.24. The number of amides is 1. The predicted molar refractivity (Wildman–Crippen MR) is 71.3 cm³/mol. The second kappa shape index (κ2) is 6.02. The van der Waals surface area contributed by atoms with Crippen molar-refractivity contribution in [2.24, 2.45) is 0 Å². The highest BCUT2D eigenvalue weighted by Crippen LogP contribution is 2.26. The summed E-state index contributed by atoms with van der Waals surface area (Å²) in [6, 6.07) is 0.526. The van der Waals surface area contributed by atoms with E-state index in [9.17, 15) is 9.90 Å². The molecule has 4 heteroatoms. The highest BCUT2D eigenvalue weighted by molar-refractivity contribution is 5.77. The average Bonchev–Trinajstić information content (AvgIpc) is 2.34. The Bertz CT molecular complexity index is 282. The molecule has 0 aromatic rings. The van der Waals surface area contributed by atoms with Crippen LogP contribution >= 0.6 is 0 Å². The first kappa shape index (κ1) is 13.8. The monoisotopic (exact) mass is 254 g/mol. The van der Waals surface area contributed by atoms with Crippen LogP contribution in [0.5, 0.6) is 0 Å². The molecule has 2 N–H and O–H groups in total. The lowest BCUT2D eigenvalue weighted by atomic mass is 9.88. The lowest BCUT2D eigenvalue weighted by Crippen LogP contribution is -2.63. The fourth-order valence-electron chi connectivity index (χ4n) is 3.09. The van der Waals surface area contributed by atoms with Gasteiger partial charge in [0.2, 0.25) is 5.91 Å². The number of likely N-dealkylation sites (tertiary alicyclic amines) is 1. The number of piperidine rings is 1. The lowest BCUT2D eigenvalue weighted by Gasteiger charge is -2.46. The molecule has 0 saturated carbocycles. The van der Waals surface area contributed by atoms with Crippen molar-refractivity contribution in [2.75, 3.05) is 19.6 Å². The van der Waals surface area contributed by atoms with Crippen LogP contribution in [0.3, 0.4) is 0 Å². The van der Waals surface area contributed by atoms with Crippen molar-refractivity contribution >= 4 is 5.91 Å². The largest absolute Gasteiger partial charge is 0.386 e. The smallest absolute Gasteiger partial charge is 0.222 e. The van der Waals surface area contributed by atoms with Gasteiger partial charge in [-0.15, -0.1) is 0 Å². The molecule has 2 fully saturated rings. The van der Waals surface area contributed by atoms with Gasteiger partial charge in [-0.3, -0.25) is 4.79 Å². The number of aliphatic hydroxyl groups is 1. The number of carbonyl (C=O) groups excluding carboxylic acids is 1. The molecule has 0 aromatic carbocycles. The van der Waals surface area contributed by atoms with Gasteiger partial charge in [-0.2, -0.15) is 0 Å². The molecule has 0 radical (unpaired) electrons. The van der Waals surface area contributed by atoms with E-state index in [4.69, 9.17) is 0 Å². The molecule has 2 saturated heterocycles. The first-order valence-electron chi connectivity index (χ1n) is 7.36. The summed E-state index contributed by atoms with van der Waals surface area (Å²) < 4.78 is 0. The van der Waals surface area contributed by atoms with E-state index in [0.717, 1.165) is 25.8 Å². The molecule has 2 aliphatic rings. The zero-order valence-electron chi connectivity index (χ0n) is 11.5. The Morgan fingerprint density at radius 2 is 2.22 bits per heavy atom. The van der Waals surface area contributed by atoms with Crippen LogP contribution in [-0.2, 0) is 4.79 Å². The molecular weight excluding hydrogens is 228 g/mol. The normalized spacial score (nSPS) is 26.8. The second-order valence-corrected chi connectivity index (χ2v) is 5.91. The highest BCUT2D eigenvalue weighted by Gasteiger charge is 2.42. The van der Waals surface area contributed by atoms with Crippen molar-refractivity contribution in [1.82, 2.24) is 10.2 Å². The van der Waals surface area contributed by atoms with Crippen LogP contribution in [0.25, 0.3) is 0 Å². The van der Waals surface area contributed by atoms with Gasteiger partial charge in [0.1, 0.15) is 0 Å². The number of carbonyl (C=O) groups is 1. The van der Waals surface area contributed by atoms with Gasteiger partial charge in [-0.05, 0) is 32.2 Å². The van der Waals surface area contributed by atoms with Gasteiger partial charge in [0.05, 0.1) is 18.7 Å². The summed E-state index contributed by atoms with van der Waals surface area (Å²) in [7, 11) is 0. The number of β-amino-alcohol motifs (C(OH)–C–C–N with tert-alkyl or cyclic N) is 1. The minimum atomic E-state index is -0.590. The van der Waals surface area contributed by atoms with E-state index in [1.54, 1.807) is 4.90 Å². The van der Waals surface area contributed by atoms with Gasteiger partial charge < -0.3 is 15.3 Å². The third-order valence-corrected chi connectivity index (χ3v) is 4.16. The van der Waals surface area contributed by atoms with E-state index in [0.29, 0.717) is 25.6 Å². The molecule has 0 aliphatic carbocycles. The molecule has 18 heavy (non-hydrogen) atoms. The summed E-state index contributed by atoms with van der Waals surface area (Å²) >= 11 is 0. The van der Waals surface area contributed by atoms with Crippen LogP contribution in [0.4, 0.5) is 0 Å². The van der Waals surface area contributed by atoms with Crippen LogP contribution in [-0.4, -0.2) is 47.2 Å². The third kappa shape index (κ3) is 3.45. The van der Waals surface area contributed by atoms with Crippen molar-refractivity contribution in [1.29, 1.82) is 0 Å². The minimum absolute atomic E-state index is 0.211. The van der Waals surface area contributed by atoms with Crippen molar-refractivity contribution < 1.29 is 9.90 Å². The van der Waals surface area contributed by atoms with E-state index >= 15 is 0 Å². The Morgan fingerprint density at radius 1 is 1.44 bits per heavy atom. The maximum absolute atomic E-state index is 11.9. The quantitative estimate of drug-likeness (QED) is 0.777. The van der Waals surface area contributed by atoms with E-state index in [-0.39, 0.29) is 5.91 Å². The summed E-state index contributed by atoms with van der Waals surface area (Å²) in [5, 5.41) is 13.5. The molecule has 1 atom stereocenters. The van der Waals surface area contributed by atoms with Crippen molar-refractivity contribution in [3.63, 3.8) is 0 Å². The fourth-order valence-corrected chi connectivity index (χ4v) is 3.09. The highest BCUT2D eigenvalue weighted by atomic mass is 16.3. The molecule has 4 nitrogen and oxygen atoms in total. The standard InChI is InChI=1S/C14H26N2O2/c1-2-8-14(18)10-16(11-14)13(17)7-6-12-5-3-4-9-15-12/h12,15,18H,2-11H2,1H3. The van der Waals surface area contributed by atoms with E-state index in [1.165, 1.54) is 19.3 Å². The van der Waals surface area contributed by atoms with Crippen molar-refractivity contribution in [2.45, 2.75) is 63.5 Å². The molecule has 0 spiro atoms. The summed E-state index contributed by atoms with van der Waals surface area (Å²) in [4.78, 5) is 13.8. The van der Waals surface area contributed by atoms with Gasteiger partial charge in [-0.25, -0.2) is 0 Å². The van der Waals surface area contributed by atoms with Crippen molar-refractivity contribution in [3.05, 3.63) is 0 Å². The summed E-state index contributed by atoms with van der Waals surface area (Å²) in [6.07, 6.45) is 7.10. The topological polar surface area (TPSA) is 52.6 Å². The first-order chi connectivity index (χ1) is 8.63. The third-order valence-electron chi connectivity index (χ3n) is 4.16. The van der Waals surface area contributed by atoms with Crippen LogP contribution in [0, 0.1) is 0 Å². The molecule has 1 amide bonds. The molecule has 0 bridgehead atoms. The number of rotatable bonds is 5. The second-order valence-electron chi connectivity index (χ2n) is 5.91. The number of nitrogens with zero attached hydrogens (tertiary/aromatic N) is 1. The van der Waals surface area contributed by atoms with Crippen LogP contribution in [0.2, 0.25) is 0 Å². The van der Waals surface area contributed by atoms with Gasteiger partial charge in [0, 0.05) is 12.5 Å². The Labute approximate surface area is 110 Å². The first-order valence-corrected chi connectivity index (χ1v) is 7.36. The molecule has 1 unspecified atom stereocenters. The van der Waals surface area contributed by atoms with Crippen molar-refractivity contribution in [3.8, 4) is 0 Å². The summed E-state index contributed by atoms with van der Waals surface area (Å²) in [5.74, 6) is 0.211.